The molecule has 2 aromatic heterocycles. The number of rotatable bonds is 8. The van der Waals surface area contributed by atoms with Crippen molar-refractivity contribution in [2.45, 2.75) is 82.4 Å². The average Bonchev–Trinajstić information content (AvgIpc) is 3.23. The van der Waals surface area contributed by atoms with Crippen LogP contribution >= 0.6 is 19.2 Å². The van der Waals surface area contributed by atoms with Crippen molar-refractivity contribution >= 4 is 36.3 Å². The van der Waals surface area contributed by atoms with Gasteiger partial charge in [-0.1, -0.05) is 25.4 Å². The van der Waals surface area contributed by atoms with Gasteiger partial charge in [-0.15, -0.1) is 0 Å². The molecule has 0 amide bonds. The number of ether oxygens (including phenoxy) is 1. The number of aromatic nitrogens is 4. The number of fused-ring (bicyclic) bond motifs is 1. The van der Waals surface area contributed by atoms with Crippen LogP contribution in [0.5, 0.6) is 0 Å². The smallest absolute Gasteiger partial charge is 0.359 e. The van der Waals surface area contributed by atoms with E-state index >= 15 is 0 Å². The molecule has 1 aliphatic heterocycles. The highest BCUT2D eigenvalue weighted by molar-refractivity contribution is 7.54. The molecule has 7 atom stereocenters. The van der Waals surface area contributed by atoms with Crippen LogP contribution in [0.2, 0.25) is 5.15 Å². The fourth-order valence-electron chi connectivity index (χ4n) is 3.48. The Balaban J connectivity index is 1.86. The molecule has 1 aliphatic rings. The largest absolute Gasteiger partial charge is 0.388 e. The van der Waals surface area contributed by atoms with Crippen molar-refractivity contribution in [2.24, 2.45) is 0 Å². The van der Waals surface area contributed by atoms with E-state index in [-0.39, 0.29) is 41.5 Å². The molecule has 180 valence electrons. The van der Waals surface area contributed by atoms with Gasteiger partial charge in [0.15, 0.2) is 22.4 Å². The summed E-state index contributed by atoms with van der Waals surface area (Å²) in [7, 11) is -4.44. The summed E-state index contributed by atoms with van der Waals surface area (Å²) in [6.07, 6.45) is -3.16. The molecule has 12 nitrogen and oxygen atoms in total. The third-order valence-electron chi connectivity index (χ3n) is 6.01. The van der Waals surface area contributed by atoms with Gasteiger partial charge in [0, 0.05) is 6.42 Å². The van der Waals surface area contributed by atoms with Gasteiger partial charge < -0.3 is 35.2 Å². The minimum atomic E-state index is -4.44. The molecule has 0 radical (unpaired) electrons. The van der Waals surface area contributed by atoms with Crippen LogP contribution in [0, 0.1) is 0 Å². The van der Waals surface area contributed by atoms with E-state index in [0.717, 1.165) is 0 Å². The van der Waals surface area contributed by atoms with E-state index in [9.17, 15) is 24.8 Å². The van der Waals surface area contributed by atoms with Crippen molar-refractivity contribution in [3.63, 3.8) is 0 Å². The molecular formula is C18H29ClN5O7P. The molecule has 1 saturated heterocycles. The van der Waals surface area contributed by atoms with Gasteiger partial charge in [-0.3, -0.25) is 9.13 Å². The maximum Gasteiger partial charge on any atom is 0.359 e. The van der Waals surface area contributed by atoms with E-state index in [4.69, 9.17) is 26.6 Å². The zero-order valence-electron chi connectivity index (χ0n) is 18.2. The number of hydrogen-bond donors (Lipinski definition) is 5. The maximum atomic E-state index is 12.7. The maximum absolute atomic E-state index is 12.7. The van der Waals surface area contributed by atoms with Gasteiger partial charge in [-0.25, -0.2) is 4.98 Å². The number of aliphatic hydroxyl groups is 3. The zero-order valence-corrected chi connectivity index (χ0v) is 19.9. The quantitative estimate of drug-likeness (QED) is 0.265. The van der Waals surface area contributed by atoms with Crippen molar-refractivity contribution in [3.8, 4) is 0 Å². The lowest BCUT2D eigenvalue weighted by Crippen LogP contribution is -2.40. The normalized spacial score (nSPS) is 29.5. The number of aliphatic hydroxyl groups excluding tert-OH is 2. The van der Waals surface area contributed by atoms with Gasteiger partial charge in [-0.05, 0) is 26.7 Å². The summed E-state index contributed by atoms with van der Waals surface area (Å²) in [4.78, 5) is 22.4. The second kappa shape index (κ2) is 8.77. The predicted octanol–water partition coefficient (Wildman–Crippen LogP) is 1.56. The standard InChI is InChI=1S/C18H29ClN5O7P/c1-5-17(3,31-32(28,29)18(4,27)6-2)7-9-11(25)12(26)15(30-9)24-8-21-10-13(19)22-16(20)23-14(10)24/h8-9,11-12,15,25-27H,5-7H2,1-4H3,(H,28,29)(H2,20,22,23)/t9-,11-,12-,15?,17?,18?/m1/s1. The number of imidazole rings is 1. The van der Waals surface area contributed by atoms with E-state index in [1.165, 1.54) is 17.8 Å². The van der Waals surface area contributed by atoms with E-state index in [0.29, 0.717) is 0 Å². The molecule has 1 fully saturated rings. The monoisotopic (exact) mass is 493 g/mol. The van der Waals surface area contributed by atoms with E-state index in [1.807, 2.05) is 0 Å². The highest BCUT2D eigenvalue weighted by atomic mass is 35.5. The summed E-state index contributed by atoms with van der Waals surface area (Å²) in [5, 5.41) is 29.7. The number of nitrogens with two attached hydrogens (primary N) is 1. The molecule has 3 rings (SSSR count). The summed E-state index contributed by atoms with van der Waals surface area (Å²) < 4.78 is 25.5. The van der Waals surface area contributed by atoms with Crippen LogP contribution in [0.4, 0.5) is 5.95 Å². The Kier molecular flexibility index (Phi) is 6.92. The first-order valence-electron chi connectivity index (χ1n) is 10.2. The van der Waals surface area contributed by atoms with Crippen molar-refractivity contribution in [3.05, 3.63) is 11.5 Å². The molecule has 2 aromatic rings. The van der Waals surface area contributed by atoms with Crippen LogP contribution in [-0.4, -0.2) is 69.0 Å². The summed E-state index contributed by atoms with van der Waals surface area (Å²) >= 11 is 6.05. The van der Waals surface area contributed by atoms with Gasteiger partial charge in [0.25, 0.3) is 0 Å². The van der Waals surface area contributed by atoms with Gasteiger partial charge in [0.05, 0.1) is 18.0 Å². The minimum Gasteiger partial charge on any atom is -0.388 e. The lowest BCUT2D eigenvalue weighted by atomic mass is 9.93. The second-order valence-corrected chi connectivity index (χ2v) is 11.0. The van der Waals surface area contributed by atoms with Gasteiger partial charge in [0.2, 0.25) is 5.95 Å². The predicted molar refractivity (Wildman–Crippen MR) is 116 cm³/mol. The fraction of sp³-hybridized carbons (Fsp3) is 0.722. The molecular weight excluding hydrogens is 465 g/mol. The fourth-order valence-corrected chi connectivity index (χ4v) is 5.10. The Bertz CT molecular complexity index is 1040. The van der Waals surface area contributed by atoms with Crippen LogP contribution in [0.25, 0.3) is 11.2 Å². The van der Waals surface area contributed by atoms with Crippen LogP contribution in [0.3, 0.4) is 0 Å². The van der Waals surface area contributed by atoms with Gasteiger partial charge in [-0.2, -0.15) is 9.97 Å². The second-order valence-electron chi connectivity index (χ2n) is 8.43. The van der Waals surface area contributed by atoms with E-state index < -0.39 is 43.1 Å². The first kappa shape index (κ1) is 25.3. The number of halogens is 1. The summed E-state index contributed by atoms with van der Waals surface area (Å²) in [5.41, 5.74) is 4.89. The van der Waals surface area contributed by atoms with Gasteiger partial charge in [0.1, 0.15) is 17.7 Å². The van der Waals surface area contributed by atoms with Crippen LogP contribution in [0.15, 0.2) is 6.33 Å². The first-order valence-corrected chi connectivity index (χ1v) is 12.1. The molecule has 4 unspecified atom stereocenters. The summed E-state index contributed by atoms with van der Waals surface area (Å²) in [6.45, 7) is 6.12. The van der Waals surface area contributed by atoms with Crippen molar-refractivity contribution in [1.82, 2.24) is 19.5 Å². The highest BCUT2D eigenvalue weighted by Gasteiger charge is 2.50. The number of nitrogen functional groups attached to an aromatic ring is 1. The molecule has 0 aromatic carbocycles. The van der Waals surface area contributed by atoms with E-state index in [1.54, 1.807) is 20.8 Å². The highest BCUT2D eigenvalue weighted by Crippen LogP contribution is 2.59. The molecule has 0 bridgehead atoms. The summed E-state index contributed by atoms with van der Waals surface area (Å²) in [6, 6.07) is 0. The average molecular weight is 494 g/mol. The minimum absolute atomic E-state index is 0.00512. The molecule has 0 saturated carbocycles. The Morgan fingerprint density at radius 2 is 1.94 bits per heavy atom. The van der Waals surface area contributed by atoms with Crippen LogP contribution in [0.1, 0.15) is 53.2 Å². The lowest BCUT2D eigenvalue weighted by molar-refractivity contribution is -0.0689. The molecule has 3 heterocycles. The van der Waals surface area contributed by atoms with E-state index in [2.05, 4.69) is 15.0 Å². The molecule has 6 N–H and O–H groups in total. The molecule has 32 heavy (non-hydrogen) atoms. The first-order chi connectivity index (χ1) is 14.7. The Hall–Kier alpha value is -1.37. The van der Waals surface area contributed by atoms with Crippen molar-refractivity contribution < 1.29 is 34.0 Å². The SMILES string of the molecule is CCC(C)(C[C@H]1OC(n2cnc3c(Cl)nc(N)nc32)[C@H](O)[C@@H]1O)OP(=O)(O)C(C)(O)CC. The zero-order chi connectivity index (χ0) is 24.1. The number of nitrogens with zero attached hydrogens (tertiary/aromatic N) is 4. The Labute approximate surface area is 189 Å². The third kappa shape index (κ3) is 4.51. The van der Waals surface area contributed by atoms with Crippen LogP contribution in [-0.2, 0) is 13.8 Å². The number of anilines is 1. The number of hydrogen-bond acceptors (Lipinski definition) is 10. The summed E-state index contributed by atoms with van der Waals surface area (Å²) in [5.74, 6) is -0.0949. The Morgan fingerprint density at radius 1 is 1.28 bits per heavy atom. The van der Waals surface area contributed by atoms with Crippen molar-refractivity contribution in [2.75, 3.05) is 5.73 Å². The van der Waals surface area contributed by atoms with Gasteiger partial charge >= 0.3 is 7.60 Å². The topological polar surface area (TPSA) is 186 Å². The van der Waals surface area contributed by atoms with Crippen LogP contribution < -0.4 is 5.73 Å². The van der Waals surface area contributed by atoms with Crippen molar-refractivity contribution in [1.29, 1.82) is 0 Å². The molecule has 0 spiro atoms. The Morgan fingerprint density at radius 3 is 2.53 bits per heavy atom. The lowest BCUT2D eigenvalue weighted by Gasteiger charge is -2.37. The molecule has 14 heteroatoms. The molecule has 0 aliphatic carbocycles. The third-order valence-corrected chi connectivity index (χ3v) is 8.50.